The molecule has 0 amide bonds. The van der Waals surface area contributed by atoms with Crippen LogP contribution in [0.3, 0.4) is 0 Å². The van der Waals surface area contributed by atoms with E-state index in [0.717, 1.165) is 17.5 Å². The van der Waals surface area contributed by atoms with Crippen LogP contribution in [0.2, 0.25) is 0 Å². The molecule has 1 aromatic carbocycles. The van der Waals surface area contributed by atoms with E-state index in [0.29, 0.717) is 0 Å². The SMILES string of the molecule is Nc1ccc(/C=C/C=O)cc1. The van der Waals surface area contributed by atoms with Gasteiger partial charge in [-0.15, -0.1) is 0 Å². The van der Waals surface area contributed by atoms with E-state index in [4.69, 9.17) is 5.73 Å². The van der Waals surface area contributed by atoms with Gasteiger partial charge in [-0.05, 0) is 23.8 Å². The maximum atomic E-state index is 9.93. The molecule has 0 spiro atoms. The minimum atomic E-state index is 0.730. The van der Waals surface area contributed by atoms with Gasteiger partial charge in [0.15, 0.2) is 0 Å². The van der Waals surface area contributed by atoms with E-state index in [9.17, 15) is 4.79 Å². The molecule has 11 heavy (non-hydrogen) atoms. The Morgan fingerprint density at radius 3 is 2.36 bits per heavy atom. The number of rotatable bonds is 2. The van der Waals surface area contributed by atoms with Crippen LogP contribution in [-0.2, 0) is 4.79 Å². The van der Waals surface area contributed by atoms with Gasteiger partial charge in [0.2, 0.25) is 0 Å². The summed E-state index contributed by atoms with van der Waals surface area (Å²) in [4.78, 5) is 9.93. The summed E-state index contributed by atoms with van der Waals surface area (Å²) < 4.78 is 0. The average molecular weight is 147 g/mol. The van der Waals surface area contributed by atoms with E-state index >= 15 is 0 Å². The van der Waals surface area contributed by atoms with Gasteiger partial charge in [0.05, 0.1) is 0 Å². The lowest BCUT2D eigenvalue weighted by Gasteiger charge is -1.92. The fourth-order valence-electron chi connectivity index (χ4n) is 0.758. The molecule has 2 N–H and O–H groups in total. The van der Waals surface area contributed by atoms with Gasteiger partial charge in [-0.2, -0.15) is 0 Å². The zero-order valence-electron chi connectivity index (χ0n) is 6.03. The van der Waals surface area contributed by atoms with Crippen molar-refractivity contribution in [3.63, 3.8) is 0 Å². The van der Waals surface area contributed by atoms with Crippen molar-refractivity contribution in [3.8, 4) is 0 Å². The van der Waals surface area contributed by atoms with E-state index < -0.39 is 0 Å². The van der Waals surface area contributed by atoms with Crippen molar-refractivity contribution in [1.29, 1.82) is 0 Å². The van der Waals surface area contributed by atoms with Gasteiger partial charge in [-0.25, -0.2) is 0 Å². The zero-order valence-corrected chi connectivity index (χ0v) is 6.03. The number of allylic oxidation sites excluding steroid dienone is 1. The number of nitrogen functional groups attached to an aromatic ring is 1. The van der Waals surface area contributed by atoms with Crippen LogP contribution in [0.4, 0.5) is 5.69 Å². The van der Waals surface area contributed by atoms with Crippen LogP contribution < -0.4 is 5.73 Å². The van der Waals surface area contributed by atoms with Crippen molar-refractivity contribution in [2.24, 2.45) is 0 Å². The second-order valence-corrected chi connectivity index (χ2v) is 2.16. The monoisotopic (exact) mass is 147 g/mol. The Bertz CT molecular complexity index is 261. The van der Waals surface area contributed by atoms with Gasteiger partial charge in [0.1, 0.15) is 6.29 Å². The van der Waals surface area contributed by atoms with Crippen molar-refractivity contribution in [2.75, 3.05) is 5.73 Å². The fraction of sp³-hybridized carbons (Fsp3) is 0. The van der Waals surface area contributed by atoms with E-state index in [-0.39, 0.29) is 0 Å². The maximum Gasteiger partial charge on any atom is 0.142 e. The summed E-state index contributed by atoms with van der Waals surface area (Å²) in [6.45, 7) is 0. The normalized spacial score (nSPS) is 10.2. The molecule has 56 valence electrons. The summed E-state index contributed by atoms with van der Waals surface area (Å²) in [6.07, 6.45) is 3.92. The lowest BCUT2D eigenvalue weighted by Crippen LogP contribution is -1.82. The summed E-state index contributed by atoms with van der Waals surface area (Å²) in [6, 6.07) is 7.31. The fourth-order valence-corrected chi connectivity index (χ4v) is 0.758. The largest absolute Gasteiger partial charge is 0.399 e. The molecule has 0 atom stereocenters. The first kappa shape index (κ1) is 7.54. The third-order valence-corrected chi connectivity index (χ3v) is 1.30. The number of nitrogens with two attached hydrogens (primary N) is 1. The molecule has 0 aromatic heterocycles. The average Bonchev–Trinajstić information content (AvgIpc) is 2.04. The lowest BCUT2D eigenvalue weighted by atomic mass is 10.2. The highest BCUT2D eigenvalue weighted by Gasteiger charge is 1.84. The molecule has 0 saturated carbocycles. The Morgan fingerprint density at radius 1 is 1.18 bits per heavy atom. The molecule has 0 saturated heterocycles. The number of carbonyl (C=O) groups is 1. The van der Waals surface area contributed by atoms with Crippen LogP contribution in [0.5, 0.6) is 0 Å². The van der Waals surface area contributed by atoms with Gasteiger partial charge in [-0.3, -0.25) is 4.79 Å². The standard InChI is InChI=1S/C9H9NO/c10-9-5-3-8(4-6-9)2-1-7-11/h1-7H,10H2/b2-1+. The minimum Gasteiger partial charge on any atom is -0.399 e. The Balaban J connectivity index is 2.81. The summed E-state index contributed by atoms with van der Waals surface area (Å²) in [7, 11) is 0. The van der Waals surface area contributed by atoms with Crippen LogP contribution in [0.1, 0.15) is 5.56 Å². The number of carbonyl (C=O) groups excluding carboxylic acids is 1. The first-order chi connectivity index (χ1) is 5.33. The van der Waals surface area contributed by atoms with Gasteiger partial charge in [0.25, 0.3) is 0 Å². The first-order valence-corrected chi connectivity index (χ1v) is 3.30. The number of hydrogen-bond donors (Lipinski definition) is 1. The predicted octanol–water partition coefficient (Wildman–Crippen LogP) is 1.48. The van der Waals surface area contributed by atoms with Crippen LogP contribution in [0.15, 0.2) is 30.3 Å². The van der Waals surface area contributed by atoms with Gasteiger partial charge >= 0.3 is 0 Å². The number of anilines is 1. The quantitative estimate of drug-likeness (QED) is 0.391. The minimum absolute atomic E-state index is 0.730. The molecule has 0 aliphatic heterocycles. The Labute approximate surface area is 65.3 Å². The molecule has 0 aliphatic rings. The molecule has 0 bridgehead atoms. The first-order valence-electron chi connectivity index (χ1n) is 3.30. The summed E-state index contributed by atoms with van der Waals surface area (Å²) in [5.41, 5.74) is 7.17. The molecule has 2 nitrogen and oxygen atoms in total. The predicted molar refractivity (Wildman–Crippen MR) is 46.0 cm³/mol. The molecule has 0 aliphatic carbocycles. The van der Waals surface area contributed by atoms with Crippen LogP contribution >= 0.6 is 0 Å². The number of benzene rings is 1. The van der Waals surface area contributed by atoms with Gasteiger partial charge < -0.3 is 5.73 Å². The molecule has 1 aromatic rings. The highest BCUT2D eigenvalue weighted by Crippen LogP contribution is 2.06. The highest BCUT2D eigenvalue weighted by atomic mass is 16.1. The molecule has 2 heteroatoms. The van der Waals surface area contributed by atoms with Crippen molar-refractivity contribution >= 4 is 18.0 Å². The van der Waals surface area contributed by atoms with Crippen molar-refractivity contribution in [3.05, 3.63) is 35.9 Å². The van der Waals surface area contributed by atoms with Crippen molar-refractivity contribution < 1.29 is 4.79 Å². The van der Waals surface area contributed by atoms with Gasteiger partial charge in [0, 0.05) is 5.69 Å². The molecule has 0 radical (unpaired) electrons. The number of aldehydes is 1. The topological polar surface area (TPSA) is 43.1 Å². The van der Waals surface area contributed by atoms with Crippen LogP contribution in [0, 0.1) is 0 Å². The summed E-state index contributed by atoms with van der Waals surface area (Å²) in [5.74, 6) is 0. The van der Waals surface area contributed by atoms with E-state index in [1.54, 1.807) is 18.2 Å². The molecular weight excluding hydrogens is 138 g/mol. The smallest absolute Gasteiger partial charge is 0.142 e. The molecule has 1 rings (SSSR count). The van der Waals surface area contributed by atoms with Crippen LogP contribution in [0.25, 0.3) is 6.08 Å². The zero-order chi connectivity index (χ0) is 8.10. The van der Waals surface area contributed by atoms with E-state index in [2.05, 4.69) is 0 Å². The third-order valence-electron chi connectivity index (χ3n) is 1.30. The second-order valence-electron chi connectivity index (χ2n) is 2.16. The summed E-state index contributed by atoms with van der Waals surface area (Å²) >= 11 is 0. The Hall–Kier alpha value is -1.57. The Morgan fingerprint density at radius 2 is 1.82 bits per heavy atom. The number of hydrogen-bond acceptors (Lipinski definition) is 2. The van der Waals surface area contributed by atoms with Crippen LogP contribution in [-0.4, -0.2) is 6.29 Å². The second kappa shape index (κ2) is 3.56. The molecule has 0 unspecified atom stereocenters. The third kappa shape index (κ3) is 2.26. The summed E-state index contributed by atoms with van der Waals surface area (Å²) in [5, 5.41) is 0. The Kier molecular flexibility index (Phi) is 2.44. The van der Waals surface area contributed by atoms with Gasteiger partial charge in [-0.1, -0.05) is 18.2 Å². The van der Waals surface area contributed by atoms with Crippen molar-refractivity contribution in [2.45, 2.75) is 0 Å². The molecule has 0 fully saturated rings. The lowest BCUT2D eigenvalue weighted by molar-refractivity contribution is -0.104. The molecular formula is C9H9NO. The van der Waals surface area contributed by atoms with E-state index in [1.807, 2.05) is 12.1 Å². The van der Waals surface area contributed by atoms with Crippen molar-refractivity contribution in [1.82, 2.24) is 0 Å². The molecule has 0 heterocycles. The highest BCUT2D eigenvalue weighted by molar-refractivity contribution is 5.74. The maximum absolute atomic E-state index is 9.93. The van der Waals surface area contributed by atoms with E-state index in [1.165, 1.54) is 6.08 Å².